The van der Waals surface area contributed by atoms with Gasteiger partial charge in [-0.1, -0.05) is 78.4 Å². The third-order valence-electron chi connectivity index (χ3n) is 4.40. The number of rotatable bonds is 7. The maximum absolute atomic E-state index is 12.8. The van der Waals surface area contributed by atoms with Crippen LogP contribution in [-0.4, -0.2) is 8.42 Å². The predicted molar refractivity (Wildman–Crippen MR) is 105 cm³/mol. The summed E-state index contributed by atoms with van der Waals surface area (Å²) in [6.45, 7) is 1.94. The first-order chi connectivity index (χ1) is 12.5. The fraction of sp³-hybridized carbons (Fsp3) is 0.182. The number of hydrogen-bond donors (Lipinski definition) is 1. The van der Waals surface area contributed by atoms with Crippen LogP contribution in [0.4, 0.5) is 0 Å². The number of aryl methyl sites for hydroxylation is 2. The molecule has 0 amide bonds. The van der Waals surface area contributed by atoms with Crippen LogP contribution in [0.2, 0.25) is 0 Å². The summed E-state index contributed by atoms with van der Waals surface area (Å²) >= 11 is 0. The highest BCUT2D eigenvalue weighted by molar-refractivity contribution is 7.89. The summed E-state index contributed by atoms with van der Waals surface area (Å²) in [4.78, 5) is 0.295. The molecule has 0 aliphatic rings. The Balaban J connectivity index is 1.82. The minimum absolute atomic E-state index is 0.275. The van der Waals surface area contributed by atoms with Crippen LogP contribution in [0.1, 0.15) is 29.2 Å². The highest BCUT2D eigenvalue weighted by Gasteiger charge is 2.21. The molecule has 1 N–H and O–H groups in total. The van der Waals surface area contributed by atoms with Crippen molar-refractivity contribution in [3.05, 3.63) is 102 Å². The van der Waals surface area contributed by atoms with Crippen LogP contribution in [-0.2, 0) is 16.4 Å². The van der Waals surface area contributed by atoms with Gasteiger partial charge in [0, 0.05) is 6.04 Å². The van der Waals surface area contributed by atoms with Crippen molar-refractivity contribution >= 4 is 10.0 Å². The van der Waals surface area contributed by atoms with E-state index in [4.69, 9.17) is 0 Å². The van der Waals surface area contributed by atoms with Crippen LogP contribution >= 0.6 is 0 Å². The number of hydrogen-bond acceptors (Lipinski definition) is 2. The van der Waals surface area contributed by atoms with Gasteiger partial charge in [0.15, 0.2) is 0 Å². The molecule has 0 unspecified atom stereocenters. The minimum atomic E-state index is -3.58. The number of nitrogens with one attached hydrogen (secondary N) is 1. The number of sulfonamides is 1. The average Bonchev–Trinajstić information content (AvgIpc) is 2.67. The van der Waals surface area contributed by atoms with E-state index in [1.165, 1.54) is 5.56 Å². The topological polar surface area (TPSA) is 46.2 Å². The van der Waals surface area contributed by atoms with E-state index in [0.29, 0.717) is 11.3 Å². The summed E-state index contributed by atoms with van der Waals surface area (Å²) in [7, 11) is -3.58. The highest BCUT2D eigenvalue weighted by atomic mass is 32.2. The summed E-state index contributed by atoms with van der Waals surface area (Å²) in [5.74, 6) is 0. The summed E-state index contributed by atoms with van der Waals surface area (Å²) in [5.41, 5.74) is 3.20. The van der Waals surface area contributed by atoms with E-state index >= 15 is 0 Å². The Morgan fingerprint density at radius 2 is 1.38 bits per heavy atom. The van der Waals surface area contributed by atoms with Crippen molar-refractivity contribution in [2.75, 3.05) is 0 Å². The lowest BCUT2D eigenvalue weighted by Crippen LogP contribution is -2.29. The summed E-state index contributed by atoms with van der Waals surface area (Å²) in [6.07, 6.45) is 1.50. The highest BCUT2D eigenvalue weighted by Crippen LogP contribution is 2.22. The van der Waals surface area contributed by atoms with Gasteiger partial charge in [-0.25, -0.2) is 13.1 Å². The van der Waals surface area contributed by atoms with E-state index < -0.39 is 10.0 Å². The van der Waals surface area contributed by atoms with Gasteiger partial charge in [-0.15, -0.1) is 0 Å². The van der Waals surface area contributed by atoms with E-state index in [0.717, 1.165) is 17.5 Å². The monoisotopic (exact) mass is 365 g/mol. The van der Waals surface area contributed by atoms with Gasteiger partial charge < -0.3 is 0 Å². The average molecular weight is 365 g/mol. The van der Waals surface area contributed by atoms with Gasteiger partial charge in [-0.2, -0.15) is 0 Å². The standard InChI is InChI=1S/C22H23NO2S/c1-18-12-15-21(16-13-18)26(24,25)23-22(20-10-6-3-7-11-20)17-14-19-8-4-2-5-9-19/h2-13,15-16,22-23H,14,17H2,1H3/t22-/m1/s1. The molecule has 0 aliphatic heterocycles. The van der Waals surface area contributed by atoms with Crippen LogP contribution in [0.5, 0.6) is 0 Å². The zero-order valence-electron chi connectivity index (χ0n) is 14.8. The molecule has 0 radical (unpaired) electrons. The van der Waals surface area contributed by atoms with Crippen LogP contribution < -0.4 is 4.72 Å². The minimum Gasteiger partial charge on any atom is -0.207 e. The lowest BCUT2D eigenvalue weighted by molar-refractivity contribution is 0.539. The molecule has 4 heteroatoms. The van der Waals surface area contributed by atoms with Crippen molar-refractivity contribution in [1.82, 2.24) is 4.72 Å². The zero-order chi connectivity index (χ0) is 18.4. The molecule has 3 aromatic carbocycles. The molecule has 134 valence electrons. The first-order valence-corrected chi connectivity index (χ1v) is 10.2. The first-order valence-electron chi connectivity index (χ1n) is 8.72. The molecule has 1 atom stereocenters. The SMILES string of the molecule is Cc1ccc(S(=O)(=O)N[C@H](CCc2ccccc2)c2ccccc2)cc1. The van der Waals surface area contributed by atoms with Crippen LogP contribution in [0, 0.1) is 6.92 Å². The largest absolute Gasteiger partial charge is 0.241 e. The molecule has 3 rings (SSSR count). The molecular weight excluding hydrogens is 342 g/mol. The van der Waals surface area contributed by atoms with Gasteiger partial charge in [0.2, 0.25) is 10.0 Å². The lowest BCUT2D eigenvalue weighted by Gasteiger charge is -2.19. The van der Waals surface area contributed by atoms with Gasteiger partial charge in [0.25, 0.3) is 0 Å². The van der Waals surface area contributed by atoms with Crippen molar-refractivity contribution in [1.29, 1.82) is 0 Å². The van der Waals surface area contributed by atoms with E-state index in [2.05, 4.69) is 16.9 Å². The van der Waals surface area contributed by atoms with E-state index in [1.807, 2.05) is 67.6 Å². The summed E-state index contributed by atoms with van der Waals surface area (Å²) in [6, 6.07) is 26.5. The Labute approximate surface area is 155 Å². The molecule has 0 aliphatic carbocycles. The smallest absolute Gasteiger partial charge is 0.207 e. The zero-order valence-corrected chi connectivity index (χ0v) is 15.6. The molecule has 26 heavy (non-hydrogen) atoms. The maximum atomic E-state index is 12.8. The van der Waals surface area contributed by atoms with E-state index in [9.17, 15) is 8.42 Å². The molecule has 3 nitrogen and oxygen atoms in total. The summed E-state index contributed by atoms with van der Waals surface area (Å²) in [5, 5.41) is 0. The van der Waals surface area contributed by atoms with Crippen molar-refractivity contribution < 1.29 is 8.42 Å². The van der Waals surface area contributed by atoms with Crippen molar-refractivity contribution in [3.63, 3.8) is 0 Å². The first kappa shape index (κ1) is 18.4. The second-order valence-corrected chi connectivity index (χ2v) is 8.14. The third-order valence-corrected chi connectivity index (χ3v) is 5.88. The van der Waals surface area contributed by atoms with Crippen LogP contribution in [0.15, 0.2) is 89.8 Å². The molecule has 0 spiro atoms. The van der Waals surface area contributed by atoms with Crippen LogP contribution in [0.25, 0.3) is 0 Å². The second-order valence-electron chi connectivity index (χ2n) is 6.42. The Morgan fingerprint density at radius 1 is 0.808 bits per heavy atom. The maximum Gasteiger partial charge on any atom is 0.241 e. The normalized spacial score (nSPS) is 12.7. The Morgan fingerprint density at radius 3 is 2.00 bits per heavy atom. The molecule has 0 saturated heterocycles. The van der Waals surface area contributed by atoms with Crippen molar-refractivity contribution in [3.8, 4) is 0 Å². The van der Waals surface area contributed by atoms with Crippen molar-refractivity contribution in [2.45, 2.75) is 30.7 Å². The molecule has 0 fully saturated rings. The fourth-order valence-corrected chi connectivity index (χ4v) is 4.17. The van der Waals surface area contributed by atoms with Gasteiger partial charge in [0.05, 0.1) is 4.90 Å². The Bertz CT molecular complexity index is 921. The predicted octanol–water partition coefficient (Wildman–Crippen LogP) is 4.65. The molecule has 3 aromatic rings. The summed E-state index contributed by atoms with van der Waals surface area (Å²) < 4.78 is 28.5. The fourth-order valence-electron chi connectivity index (χ4n) is 2.91. The number of benzene rings is 3. The molecule has 0 bridgehead atoms. The van der Waals surface area contributed by atoms with Crippen LogP contribution in [0.3, 0.4) is 0 Å². The van der Waals surface area contributed by atoms with Gasteiger partial charge in [-0.05, 0) is 43.0 Å². The quantitative estimate of drug-likeness (QED) is 0.662. The van der Waals surface area contributed by atoms with E-state index in [-0.39, 0.29) is 6.04 Å². The lowest BCUT2D eigenvalue weighted by atomic mass is 10.00. The van der Waals surface area contributed by atoms with E-state index in [1.54, 1.807) is 12.1 Å². The third kappa shape index (κ3) is 4.81. The molecule has 0 aromatic heterocycles. The molecular formula is C22H23NO2S. The van der Waals surface area contributed by atoms with Gasteiger partial charge >= 0.3 is 0 Å². The van der Waals surface area contributed by atoms with Crippen molar-refractivity contribution in [2.24, 2.45) is 0 Å². The second kappa shape index (κ2) is 8.30. The Kier molecular flexibility index (Phi) is 5.86. The van der Waals surface area contributed by atoms with Gasteiger partial charge in [0.1, 0.15) is 0 Å². The van der Waals surface area contributed by atoms with Gasteiger partial charge in [-0.3, -0.25) is 0 Å². The molecule has 0 saturated carbocycles. The molecule has 0 heterocycles. The Hall–Kier alpha value is -2.43.